The summed E-state index contributed by atoms with van der Waals surface area (Å²) in [5.41, 5.74) is 6.32. The van der Waals surface area contributed by atoms with Crippen LogP contribution in [0.25, 0.3) is 0 Å². The van der Waals surface area contributed by atoms with Gasteiger partial charge in [-0.05, 0) is 37.0 Å². The molecule has 1 aliphatic carbocycles. The van der Waals surface area contributed by atoms with Crippen molar-refractivity contribution in [2.24, 2.45) is 11.7 Å². The molecule has 0 saturated heterocycles. The highest BCUT2D eigenvalue weighted by molar-refractivity contribution is 5.85. The highest BCUT2D eigenvalue weighted by atomic mass is 35.5. The number of nitrogens with two attached hydrogens (primary N) is 1. The first kappa shape index (κ1) is 16.2. The zero-order valence-electron chi connectivity index (χ0n) is 11.0. The third kappa shape index (κ3) is 3.59. The Bertz CT molecular complexity index is 410. The molecular formula is C14H21ClFNO2. The van der Waals surface area contributed by atoms with E-state index in [-0.39, 0.29) is 24.1 Å². The summed E-state index contributed by atoms with van der Waals surface area (Å²) in [5.74, 6) is 0.353. The molecule has 1 saturated carbocycles. The summed E-state index contributed by atoms with van der Waals surface area (Å²) in [6, 6.07) is 3.75. The summed E-state index contributed by atoms with van der Waals surface area (Å²) in [6.45, 7) is 0. The highest BCUT2D eigenvalue weighted by Gasteiger charge is 2.30. The van der Waals surface area contributed by atoms with Crippen LogP contribution in [0, 0.1) is 11.7 Å². The van der Waals surface area contributed by atoms with Crippen LogP contribution < -0.4 is 10.5 Å². The molecule has 19 heavy (non-hydrogen) atoms. The molecule has 2 atom stereocenters. The van der Waals surface area contributed by atoms with Gasteiger partial charge in [-0.2, -0.15) is 0 Å². The van der Waals surface area contributed by atoms with Gasteiger partial charge in [0.15, 0.2) is 0 Å². The third-order valence-electron chi connectivity index (χ3n) is 3.81. The maximum Gasteiger partial charge on any atom is 0.128 e. The van der Waals surface area contributed by atoms with Gasteiger partial charge < -0.3 is 15.6 Å². The van der Waals surface area contributed by atoms with Crippen molar-refractivity contribution in [1.82, 2.24) is 0 Å². The van der Waals surface area contributed by atoms with Crippen LogP contribution in [0.4, 0.5) is 4.39 Å². The highest BCUT2D eigenvalue weighted by Crippen LogP contribution is 2.33. The maximum absolute atomic E-state index is 13.8. The van der Waals surface area contributed by atoms with Gasteiger partial charge in [0.05, 0.1) is 19.3 Å². The largest absolute Gasteiger partial charge is 0.497 e. The minimum absolute atomic E-state index is 0. The van der Waals surface area contributed by atoms with E-state index >= 15 is 0 Å². The molecule has 0 aliphatic heterocycles. The number of methoxy groups -OCH3 is 1. The molecule has 0 bridgehead atoms. The van der Waals surface area contributed by atoms with Gasteiger partial charge in [-0.1, -0.05) is 12.8 Å². The van der Waals surface area contributed by atoms with E-state index < -0.39 is 12.1 Å². The van der Waals surface area contributed by atoms with Crippen molar-refractivity contribution >= 4 is 12.4 Å². The average molecular weight is 290 g/mol. The van der Waals surface area contributed by atoms with E-state index in [1.165, 1.54) is 13.2 Å². The first-order valence-corrected chi connectivity index (χ1v) is 6.40. The van der Waals surface area contributed by atoms with Crippen LogP contribution in [0.1, 0.15) is 37.3 Å². The van der Waals surface area contributed by atoms with Gasteiger partial charge in [0.2, 0.25) is 0 Å². The van der Waals surface area contributed by atoms with Crippen molar-refractivity contribution in [1.29, 1.82) is 0 Å². The number of rotatable bonds is 4. The number of benzene rings is 1. The van der Waals surface area contributed by atoms with Crippen LogP contribution in [0.2, 0.25) is 0 Å². The second-order valence-corrected chi connectivity index (χ2v) is 4.95. The molecule has 0 amide bonds. The van der Waals surface area contributed by atoms with Crippen molar-refractivity contribution in [2.75, 3.05) is 7.11 Å². The molecule has 0 spiro atoms. The van der Waals surface area contributed by atoms with Gasteiger partial charge in [0, 0.05) is 5.56 Å². The fourth-order valence-corrected chi connectivity index (χ4v) is 2.68. The van der Waals surface area contributed by atoms with Crippen molar-refractivity contribution in [2.45, 2.75) is 37.8 Å². The molecule has 0 unspecified atom stereocenters. The topological polar surface area (TPSA) is 55.5 Å². The third-order valence-corrected chi connectivity index (χ3v) is 3.81. The Hall–Kier alpha value is -0.840. The standard InChI is InChI=1S/C14H20FNO2.ClH/c1-18-10-6-7-12(15)11(8-10)13(16)14(17)9-4-2-3-5-9;/h6-9,13-14,17H,2-5,16H2,1H3;1H/t13-,14+;/m0./s1. The van der Waals surface area contributed by atoms with E-state index in [0.717, 1.165) is 25.7 Å². The Morgan fingerprint density at radius 3 is 2.58 bits per heavy atom. The van der Waals surface area contributed by atoms with Crippen LogP contribution in [0.5, 0.6) is 5.75 Å². The summed E-state index contributed by atoms with van der Waals surface area (Å²) in [7, 11) is 1.52. The second-order valence-electron chi connectivity index (χ2n) is 4.95. The van der Waals surface area contributed by atoms with E-state index in [9.17, 15) is 9.50 Å². The average Bonchev–Trinajstić information content (AvgIpc) is 2.91. The minimum Gasteiger partial charge on any atom is -0.497 e. The van der Waals surface area contributed by atoms with Gasteiger partial charge in [-0.25, -0.2) is 4.39 Å². The van der Waals surface area contributed by atoms with Gasteiger partial charge in [0.1, 0.15) is 11.6 Å². The second kappa shape index (κ2) is 7.08. The van der Waals surface area contributed by atoms with Gasteiger partial charge in [-0.3, -0.25) is 0 Å². The van der Waals surface area contributed by atoms with Crippen molar-refractivity contribution in [3.8, 4) is 5.75 Å². The van der Waals surface area contributed by atoms with Crippen LogP contribution in [0.15, 0.2) is 18.2 Å². The monoisotopic (exact) mass is 289 g/mol. The molecule has 1 fully saturated rings. The lowest BCUT2D eigenvalue weighted by atomic mass is 9.90. The molecule has 0 aromatic heterocycles. The van der Waals surface area contributed by atoms with Crippen LogP contribution in [-0.2, 0) is 0 Å². The van der Waals surface area contributed by atoms with E-state index in [4.69, 9.17) is 10.5 Å². The number of aliphatic hydroxyl groups excluding tert-OH is 1. The predicted octanol–water partition coefficient (Wildman–Crippen LogP) is 2.81. The Balaban J connectivity index is 0.00000180. The molecule has 2 rings (SSSR count). The lowest BCUT2D eigenvalue weighted by Crippen LogP contribution is -2.32. The van der Waals surface area contributed by atoms with Crippen LogP contribution >= 0.6 is 12.4 Å². The smallest absolute Gasteiger partial charge is 0.128 e. The molecule has 5 heteroatoms. The van der Waals surface area contributed by atoms with Crippen LogP contribution in [-0.4, -0.2) is 18.3 Å². The molecule has 3 nitrogen and oxygen atoms in total. The Labute approximate surface area is 119 Å². The van der Waals surface area contributed by atoms with Crippen molar-refractivity contribution in [3.05, 3.63) is 29.6 Å². The zero-order chi connectivity index (χ0) is 13.1. The number of ether oxygens (including phenoxy) is 1. The Morgan fingerprint density at radius 2 is 2.00 bits per heavy atom. The molecule has 3 N–H and O–H groups in total. The minimum atomic E-state index is -0.691. The van der Waals surface area contributed by atoms with E-state index in [0.29, 0.717) is 11.3 Å². The van der Waals surface area contributed by atoms with E-state index in [2.05, 4.69) is 0 Å². The lowest BCUT2D eigenvalue weighted by Gasteiger charge is -2.25. The molecule has 0 heterocycles. The summed E-state index contributed by atoms with van der Waals surface area (Å²) in [4.78, 5) is 0. The van der Waals surface area contributed by atoms with Gasteiger partial charge >= 0.3 is 0 Å². The quantitative estimate of drug-likeness (QED) is 0.896. The summed E-state index contributed by atoms with van der Waals surface area (Å²) >= 11 is 0. The molecule has 1 aromatic carbocycles. The maximum atomic E-state index is 13.8. The van der Waals surface area contributed by atoms with Gasteiger partial charge in [-0.15, -0.1) is 12.4 Å². The summed E-state index contributed by atoms with van der Waals surface area (Å²) in [6.07, 6.45) is 3.50. The van der Waals surface area contributed by atoms with E-state index in [1.807, 2.05) is 0 Å². The molecule has 108 valence electrons. The molecular weight excluding hydrogens is 269 g/mol. The fraction of sp³-hybridized carbons (Fsp3) is 0.571. The lowest BCUT2D eigenvalue weighted by molar-refractivity contribution is 0.0832. The predicted molar refractivity (Wildman–Crippen MR) is 75.1 cm³/mol. The Morgan fingerprint density at radius 1 is 1.37 bits per heavy atom. The number of hydrogen-bond donors (Lipinski definition) is 2. The van der Waals surface area contributed by atoms with Crippen molar-refractivity contribution in [3.63, 3.8) is 0 Å². The molecule has 0 radical (unpaired) electrons. The number of hydrogen-bond acceptors (Lipinski definition) is 3. The number of aliphatic hydroxyl groups is 1. The molecule has 1 aromatic rings. The van der Waals surface area contributed by atoms with Crippen LogP contribution in [0.3, 0.4) is 0 Å². The first-order chi connectivity index (χ1) is 8.63. The van der Waals surface area contributed by atoms with Crippen molar-refractivity contribution < 1.29 is 14.2 Å². The Kier molecular flexibility index (Phi) is 6.04. The first-order valence-electron chi connectivity index (χ1n) is 6.40. The zero-order valence-corrected chi connectivity index (χ0v) is 11.8. The number of halogens is 2. The normalized spacial score (nSPS) is 18.7. The van der Waals surface area contributed by atoms with E-state index in [1.54, 1.807) is 12.1 Å². The SMILES string of the molecule is COc1ccc(F)c([C@H](N)[C@H](O)C2CCCC2)c1.Cl. The van der Waals surface area contributed by atoms with Gasteiger partial charge in [0.25, 0.3) is 0 Å². The fourth-order valence-electron chi connectivity index (χ4n) is 2.68. The summed E-state index contributed by atoms with van der Waals surface area (Å²) in [5, 5.41) is 10.2. The molecule has 1 aliphatic rings. The summed E-state index contributed by atoms with van der Waals surface area (Å²) < 4.78 is 18.8.